The van der Waals surface area contributed by atoms with Crippen LogP contribution in [0.4, 0.5) is 0 Å². The van der Waals surface area contributed by atoms with Crippen LogP contribution in [0, 0.1) is 27.7 Å². The minimum Gasteiger partial charge on any atom is -0.508 e. The zero-order valence-corrected chi connectivity index (χ0v) is 24.0. The minimum atomic E-state index is -0.214. The molecule has 1 fully saturated rings. The monoisotopic (exact) mass is 536 g/mol. The Morgan fingerprint density at radius 2 is 0.950 bits per heavy atom. The summed E-state index contributed by atoms with van der Waals surface area (Å²) in [6.45, 7) is 7.73. The van der Waals surface area contributed by atoms with Crippen LogP contribution >= 0.6 is 0 Å². The van der Waals surface area contributed by atoms with E-state index in [0.29, 0.717) is 24.3 Å². The van der Waals surface area contributed by atoms with Crippen LogP contribution in [0.5, 0.6) is 23.0 Å². The molecule has 4 aromatic carbocycles. The fraction of sp³-hybridized carbons (Fsp3) is 0.333. The molecule has 40 heavy (non-hydrogen) atoms. The summed E-state index contributed by atoms with van der Waals surface area (Å²) in [6.07, 6.45) is 6.64. The maximum Gasteiger partial charge on any atom is 0.122 e. The third-order valence-electron chi connectivity index (χ3n) is 8.88. The van der Waals surface area contributed by atoms with Gasteiger partial charge in [-0.25, -0.2) is 0 Å². The highest BCUT2D eigenvalue weighted by molar-refractivity contribution is 5.55. The molecule has 1 saturated carbocycles. The summed E-state index contributed by atoms with van der Waals surface area (Å²) in [5.41, 5.74) is 9.46. The van der Waals surface area contributed by atoms with Gasteiger partial charge in [0.2, 0.25) is 0 Å². The molecule has 4 nitrogen and oxygen atoms in total. The highest BCUT2D eigenvalue weighted by Crippen LogP contribution is 2.48. The zero-order chi connectivity index (χ0) is 28.6. The summed E-state index contributed by atoms with van der Waals surface area (Å²) < 4.78 is 0. The molecule has 5 rings (SSSR count). The third kappa shape index (κ3) is 5.28. The van der Waals surface area contributed by atoms with Crippen LogP contribution in [0.25, 0.3) is 0 Å². The molecule has 0 unspecified atom stereocenters. The molecule has 0 amide bonds. The van der Waals surface area contributed by atoms with Crippen LogP contribution in [0.1, 0.15) is 87.7 Å². The van der Waals surface area contributed by atoms with Crippen molar-refractivity contribution in [2.24, 2.45) is 0 Å². The van der Waals surface area contributed by atoms with Crippen molar-refractivity contribution in [3.63, 3.8) is 0 Å². The number of benzene rings is 4. The summed E-state index contributed by atoms with van der Waals surface area (Å²) >= 11 is 0. The molecule has 0 heterocycles. The number of phenols is 4. The van der Waals surface area contributed by atoms with Crippen LogP contribution < -0.4 is 0 Å². The van der Waals surface area contributed by atoms with Gasteiger partial charge in [-0.05, 0) is 108 Å². The molecule has 0 atom stereocenters. The Balaban J connectivity index is 1.60. The smallest absolute Gasteiger partial charge is 0.122 e. The van der Waals surface area contributed by atoms with E-state index in [1.165, 1.54) is 17.5 Å². The van der Waals surface area contributed by atoms with Crippen LogP contribution in [-0.4, -0.2) is 20.4 Å². The Kier molecular flexibility index (Phi) is 7.55. The molecule has 0 radical (unpaired) electrons. The molecule has 0 spiro atoms. The van der Waals surface area contributed by atoms with Gasteiger partial charge in [-0.3, -0.25) is 0 Å². The van der Waals surface area contributed by atoms with Crippen LogP contribution in [-0.2, 0) is 18.3 Å². The first-order chi connectivity index (χ1) is 19.1. The van der Waals surface area contributed by atoms with E-state index in [-0.39, 0.29) is 16.9 Å². The highest BCUT2D eigenvalue weighted by Gasteiger charge is 2.37. The lowest BCUT2D eigenvalue weighted by atomic mass is 9.64. The quantitative estimate of drug-likeness (QED) is 0.200. The van der Waals surface area contributed by atoms with E-state index in [1.807, 2.05) is 52.0 Å². The fourth-order valence-corrected chi connectivity index (χ4v) is 6.52. The van der Waals surface area contributed by atoms with Crippen molar-refractivity contribution < 1.29 is 20.4 Å². The number of hydrogen-bond acceptors (Lipinski definition) is 4. The lowest BCUT2D eigenvalue weighted by molar-refractivity contribution is 0.344. The molecule has 1 aliphatic carbocycles. The van der Waals surface area contributed by atoms with Crippen molar-refractivity contribution in [1.82, 2.24) is 0 Å². The predicted molar refractivity (Wildman–Crippen MR) is 161 cm³/mol. The Hall–Kier alpha value is -3.92. The molecule has 0 saturated heterocycles. The molecule has 0 bridgehead atoms. The molecule has 4 heteroatoms. The SMILES string of the molecule is Cc1cc(Cc2cc(C3(c4cc(C)c(O)c(Cc5ccc(O)c(C)c5)c4)CCCCC3)cc(C)c2O)ccc1O. The van der Waals surface area contributed by atoms with E-state index < -0.39 is 0 Å². The van der Waals surface area contributed by atoms with E-state index in [2.05, 4.69) is 24.3 Å². The molecular weight excluding hydrogens is 496 g/mol. The summed E-state index contributed by atoms with van der Waals surface area (Å²) in [6, 6.07) is 19.9. The van der Waals surface area contributed by atoms with Crippen molar-refractivity contribution in [3.8, 4) is 23.0 Å². The Morgan fingerprint density at radius 1 is 0.525 bits per heavy atom. The van der Waals surface area contributed by atoms with Gasteiger partial charge in [0, 0.05) is 18.3 Å². The molecule has 1 aliphatic rings. The van der Waals surface area contributed by atoms with Crippen molar-refractivity contribution in [1.29, 1.82) is 0 Å². The summed E-state index contributed by atoms with van der Waals surface area (Å²) in [7, 11) is 0. The molecule has 4 N–H and O–H groups in total. The molecule has 0 aliphatic heterocycles. The second-order valence-corrected chi connectivity index (χ2v) is 11.8. The molecule has 208 valence electrons. The second-order valence-electron chi connectivity index (χ2n) is 11.8. The van der Waals surface area contributed by atoms with Crippen molar-refractivity contribution in [2.75, 3.05) is 0 Å². The first-order valence-corrected chi connectivity index (χ1v) is 14.3. The van der Waals surface area contributed by atoms with Crippen LogP contribution in [0.2, 0.25) is 0 Å². The van der Waals surface area contributed by atoms with E-state index in [4.69, 9.17) is 0 Å². The highest BCUT2D eigenvalue weighted by atomic mass is 16.3. The average molecular weight is 537 g/mol. The molecular formula is C36H40O4. The van der Waals surface area contributed by atoms with Gasteiger partial charge in [-0.15, -0.1) is 0 Å². The van der Waals surface area contributed by atoms with Crippen molar-refractivity contribution in [2.45, 2.75) is 78.1 Å². The van der Waals surface area contributed by atoms with Gasteiger partial charge in [0.1, 0.15) is 23.0 Å². The number of aryl methyl sites for hydroxylation is 4. The summed E-state index contributed by atoms with van der Waals surface area (Å²) in [5, 5.41) is 42.2. The normalized spacial score (nSPS) is 14.8. The number of phenolic OH excluding ortho intramolecular Hbond substituents is 4. The van der Waals surface area contributed by atoms with Crippen molar-refractivity contribution in [3.05, 3.63) is 116 Å². The van der Waals surface area contributed by atoms with Gasteiger partial charge in [0.25, 0.3) is 0 Å². The van der Waals surface area contributed by atoms with Gasteiger partial charge in [-0.2, -0.15) is 0 Å². The van der Waals surface area contributed by atoms with E-state index >= 15 is 0 Å². The van der Waals surface area contributed by atoms with Crippen LogP contribution in [0.15, 0.2) is 60.7 Å². The minimum absolute atomic E-state index is 0.214. The van der Waals surface area contributed by atoms with Crippen LogP contribution in [0.3, 0.4) is 0 Å². The first kappa shape index (κ1) is 27.6. The number of rotatable bonds is 6. The number of aromatic hydroxyl groups is 4. The molecule has 0 aromatic heterocycles. The van der Waals surface area contributed by atoms with Gasteiger partial charge in [-0.1, -0.05) is 67.8 Å². The van der Waals surface area contributed by atoms with E-state index in [0.717, 1.165) is 70.2 Å². The summed E-state index contributed by atoms with van der Waals surface area (Å²) in [4.78, 5) is 0. The van der Waals surface area contributed by atoms with Gasteiger partial charge >= 0.3 is 0 Å². The maximum absolute atomic E-state index is 11.1. The second kappa shape index (κ2) is 10.9. The summed E-state index contributed by atoms with van der Waals surface area (Å²) in [5.74, 6) is 1.21. The van der Waals surface area contributed by atoms with Gasteiger partial charge < -0.3 is 20.4 Å². The average Bonchev–Trinajstić information content (AvgIpc) is 2.93. The predicted octanol–water partition coefficient (Wildman–Crippen LogP) is 8.17. The molecule has 4 aromatic rings. The fourth-order valence-electron chi connectivity index (χ4n) is 6.52. The Bertz CT molecular complexity index is 1450. The number of hydrogen-bond donors (Lipinski definition) is 4. The van der Waals surface area contributed by atoms with Crippen molar-refractivity contribution >= 4 is 0 Å². The Labute approximate surface area is 237 Å². The standard InChI is InChI=1S/C36H40O4/c1-22-14-26(8-10-32(22)37)18-28-20-30(16-24(3)34(28)39)36(12-6-5-7-13-36)31-17-25(4)35(40)29(21-31)19-27-9-11-33(38)23(2)15-27/h8-11,14-17,20-21,37-40H,5-7,12-13,18-19H2,1-4H3. The van der Waals surface area contributed by atoms with Gasteiger partial charge in [0.15, 0.2) is 0 Å². The zero-order valence-electron chi connectivity index (χ0n) is 24.0. The van der Waals surface area contributed by atoms with Gasteiger partial charge in [0.05, 0.1) is 0 Å². The van der Waals surface area contributed by atoms with E-state index in [9.17, 15) is 20.4 Å². The third-order valence-corrected chi connectivity index (χ3v) is 8.88. The van der Waals surface area contributed by atoms with E-state index in [1.54, 1.807) is 12.1 Å². The lowest BCUT2D eigenvalue weighted by Gasteiger charge is -2.40. The Morgan fingerprint density at radius 3 is 1.35 bits per heavy atom. The topological polar surface area (TPSA) is 80.9 Å². The largest absolute Gasteiger partial charge is 0.508 e. The first-order valence-electron chi connectivity index (χ1n) is 14.3. The lowest BCUT2D eigenvalue weighted by Crippen LogP contribution is -2.31. The maximum atomic E-state index is 11.1.